The van der Waals surface area contributed by atoms with Gasteiger partial charge < -0.3 is 33.4 Å². The number of hydrazine groups is 1. The quantitative estimate of drug-likeness (QED) is 0.0659. The summed E-state index contributed by atoms with van der Waals surface area (Å²) in [4.78, 5) is 54.5. The van der Waals surface area contributed by atoms with E-state index in [1.165, 1.54) is 16.3 Å². The van der Waals surface area contributed by atoms with Crippen molar-refractivity contribution in [2.24, 2.45) is 5.41 Å². The number of halogens is 1. The predicted octanol–water partition coefficient (Wildman–Crippen LogP) is 9.77. The molecular weight excluding hydrogens is 1030 g/mol. The van der Waals surface area contributed by atoms with Crippen LogP contribution in [0.15, 0.2) is 95.0 Å². The molecule has 1 aliphatic carbocycles. The number of nitrogens with zero attached hydrogens (tertiary/aromatic N) is 5. The number of alkyl carbamates (subject to hydrolysis) is 1. The van der Waals surface area contributed by atoms with Crippen LogP contribution in [-0.4, -0.2) is 114 Å². The van der Waals surface area contributed by atoms with Crippen LogP contribution in [0.4, 0.5) is 4.79 Å². The SMILES string of the molecule is CCn1c(-c2cccnc2[C@H](C)OC)c(CC(C)(C)COC(=O)[C@@H]2CCCN(C(=O)[C@@H](NC(=O)OCC3c4ccccc4-c4ccccc43)C(c3nc(Br)cs3)N(C)C)N2)c2cc(B3OC(C)(C)C(C)(C)O3)ccc21. The van der Waals surface area contributed by atoms with Crippen molar-refractivity contribution in [3.05, 3.63) is 122 Å². The van der Waals surface area contributed by atoms with E-state index in [4.69, 9.17) is 28.5 Å². The zero-order valence-electron chi connectivity index (χ0n) is 44.9. The summed E-state index contributed by atoms with van der Waals surface area (Å²) in [5, 5.41) is 7.87. The zero-order valence-corrected chi connectivity index (χ0v) is 47.3. The first-order valence-corrected chi connectivity index (χ1v) is 27.5. The van der Waals surface area contributed by atoms with Crippen LogP contribution in [0, 0.1) is 5.41 Å². The van der Waals surface area contributed by atoms with E-state index in [-0.39, 0.29) is 25.2 Å². The predicted molar refractivity (Wildman–Crippen MR) is 297 cm³/mol. The van der Waals surface area contributed by atoms with Crippen molar-refractivity contribution < 1.29 is 37.9 Å². The molecule has 5 heterocycles. The van der Waals surface area contributed by atoms with Crippen LogP contribution in [-0.2, 0) is 46.1 Å². The number of rotatable bonds is 17. The highest BCUT2D eigenvalue weighted by molar-refractivity contribution is 9.10. The molecule has 0 saturated carbocycles. The Morgan fingerprint density at radius 3 is 2.27 bits per heavy atom. The molecule has 396 valence electrons. The Morgan fingerprint density at radius 2 is 1.64 bits per heavy atom. The van der Waals surface area contributed by atoms with Gasteiger partial charge in [-0.3, -0.25) is 24.5 Å². The number of likely N-dealkylation sites (N-methyl/N-ethyl adjacent to an activating group) is 1. The first kappa shape index (κ1) is 54.3. The average Bonchev–Trinajstić information content (AvgIpc) is 4.13. The van der Waals surface area contributed by atoms with Gasteiger partial charge in [0.1, 0.15) is 28.3 Å². The molecule has 3 aliphatic rings. The first-order valence-electron chi connectivity index (χ1n) is 25.8. The number of hydrogen-bond acceptors (Lipinski definition) is 13. The van der Waals surface area contributed by atoms with E-state index in [0.717, 1.165) is 61.1 Å². The van der Waals surface area contributed by atoms with Crippen molar-refractivity contribution in [2.75, 3.05) is 41.0 Å². The number of thiazole rings is 1. The van der Waals surface area contributed by atoms with E-state index in [1.807, 2.05) is 61.6 Å². The van der Waals surface area contributed by atoms with E-state index >= 15 is 0 Å². The minimum Gasteiger partial charge on any atom is -0.464 e. The summed E-state index contributed by atoms with van der Waals surface area (Å²) >= 11 is 4.85. The highest BCUT2D eigenvalue weighted by Crippen LogP contribution is 2.45. The van der Waals surface area contributed by atoms with Crippen molar-refractivity contribution >= 4 is 68.7 Å². The van der Waals surface area contributed by atoms with E-state index in [0.29, 0.717) is 42.0 Å². The van der Waals surface area contributed by atoms with Crippen LogP contribution in [0.1, 0.15) is 114 Å². The number of benzene rings is 3. The molecule has 0 radical (unpaired) electrons. The lowest BCUT2D eigenvalue weighted by Crippen LogP contribution is -2.62. The Balaban J connectivity index is 0.941. The number of methoxy groups -OCH3 is 1. The van der Waals surface area contributed by atoms with Crippen LogP contribution in [0.5, 0.6) is 0 Å². The van der Waals surface area contributed by atoms with E-state index in [2.05, 4.69) is 133 Å². The number of ether oxygens (including phenoxy) is 3. The van der Waals surface area contributed by atoms with Gasteiger partial charge in [0.2, 0.25) is 0 Å². The second-order valence-electron chi connectivity index (χ2n) is 21.9. The lowest BCUT2D eigenvalue weighted by Gasteiger charge is -2.38. The molecule has 6 aromatic rings. The molecule has 9 rings (SSSR count). The number of aryl methyl sites for hydroxylation is 1. The Bertz CT molecular complexity index is 3020. The molecule has 15 nitrogen and oxygen atoms in total. The molecule has 3 aromatic heterocycles. The second-order valence-corrected chi connectivity index (χ2v) is 23.6. The fourth-order valence-corrected chi connectivity index (χ4v) is 12.2. The highest BCUT2D eigenvalue weighted by atomic mass is 79.9. The van der Waals surface area contributed by atoms with Crippen molar-refractivity contribution in [2.45, 2.75) is 123 Å². The Hall–Kier alpha value is -5.47. The van der Waals surface area contributed by atoms with Gasteiger partial charge in [-0.25, -0.2) is 15.2 Å². The van der Waals surface area contributed by atoms with Gasteiger partial charge in [-0.1, -0.05) is 74.5 Å². The average molecular weight is 1100 g/mol. The number of amides is 2. The number of hydrogen-bond donors (Lipinski definition) is 2. The normalized spacial score (nSPS) is 18.4. The Labute approximate surface area is 453 Å². The zero-order chi connectivity index (χ0) is 53.6. The molecule has 1 unspecified atom stereocenters. The molecule has 2 saturated heterocycles. The van der Waals surface area contributed by atoms with Gasteiger partial charge in [0, 0.05) is 59.6 Å². The minimum atomic E-state index is -1.15. The Kier molecular flexibility index (Phi) is 15.8. The van der Waals surface area contributed by atoms with Gasteiger partial charge in [-0.2, -0.15) is 0 Å². The summed E-state index contributed by atoms with van der Waals surface area (Å²) in [6.45, 7) is 17.7. The molecule has 4 atom stereocenters. The molecule has 75 heavy (non-hydrogen) atoms. The minimum absolute atomic E-state index is 0.0737. The third-order valence-electron chi connectivity index (χ3n) is 15.4. The maximum absolute atomic E-state index is 14.9. The number of carbonyl (C=O) groups is 3. The molecule has 2 aliphatic heterocycles. The fourth-order valence-electron chi connectivity index (χ4n) is 10.7. The van der Waals surface area contributed by atoms with Crippen molar-refractivity contribution in [3.8, 4) is 22.4 Å². The molecule has 18 heteroatoms. The highest BCUT2D eigenvalue weighted by Gasteiger charge is 2.52. The van der Waals surface area contributed by atoms with Gasteiger partial charge in [-0.15, -0.1) is 11.3 Å². The summed E-state index contributed by atoms with van der Waals surface area (Å²) in [6.07, 6.45) is 2.28. The van der Waals surface area contributed by atoms with Crippen LogP contribution in [0.3, 0.4) is 0 Å². The van der Waals surface area contributed by atoms with Crippen molar-refractivity contribution in [1.82, 2.24) is 35.2 Å². The molecule has 3 aromatic carbocycles. The summed E-state index contributed by atoms with van der Waals surface area (Å²) in [5.41, 5.74) is 11.8. The first-order chi connectivity index (χ1) is 35.7. The smallest absolute Gasteiger partial charge is 0.464 e. The third-order valence-corrected chi connectivity index (χ3v) is 17.0. The van der Waals surface area contributed by atoms with Crippen molar-refractivity contribution in [1.29, 1.82) is 0 Å². The van der Waals surface area contributed by atoms with Gasteiger partial charge in [-0.05, 0) is 142 Å². The maximum Gasteiger partial charge on any atom is 0.494 e. The van der Waals surface area contributed by atoms with E-state index in [1.54, 1.807) is 13.3 Å². The molecular formula is C57H69BBrN7O8S. The van der Waals surface area contributed by atoms with Crippen LogP contribution >= 0.6 is 27.3 Å². The number of carbonyl (C=O) groups excluding carboxylic acids is 3. The van der Waals surface area contributed by atoms with Gasteiger partial charge >= 0.3 is 19.2 Å². The van der Waals surface area contributed by atoms with Gasteiger partial charge in [0.05, 0.1) is 41.3 Å². The van der Waals surface area contributed by atoms with E-state index < -0.39 is 59.8 Å². The maximum atomic E-state index is 14.9. The summed E-state index contributed by atoms with van der Waals surface area (Å²) < 4.78 is 34.1. The largest absolute Gasteiger partial charge is 0.494 e. The third kappa shape index (κ3) is 10.9. The topological polar surface area (TPSA) is 159 Å². The van der Waals surface area contributed by atoms with Crippen LogP contribution in [0.2, 0.25) is 0 Å². The number of fused-ring (bicyclic) bond motifs is 4. The summed E-state index contributed by atoms with van der Waals surface area (Å²) in [7, 11) is 4.80. The number of esters is 1. The molecule has 0 bridgehead atoms. The summed E-state index contributed by atoms with van der Waals surface area (Å²) in [5.74, 6) is -1.09. The lowest BCUT2D eigenvalue weighted by atomic mass is 9.77. The number of aromatic nitrogens is 3. The molecule has 0 spiro atoms. The molecule has 2 N–H and O–H groups in total. The van der Waals surface area contributed by atoms with Gasteiger partial charge in [0.25, 0.3) is 5.91 Å². The van der Waals surface area contributed by atoms with Gasteiger partial charge in [0.15, 0.2) is 0 Å². The fraction of sp³-hybridized carbons (Fsp3) is 0.456. The Morgan fingerprint density at radius 1 is 0.973 bits per heavy atom. The summed E-state index contributed by atoms with van der Waals surface area (Å²) in [6, 6.07) is 24.1. The van der Waals surface area contributed by atoms with E-state index in [9.17, 15) is 14.4 Å². The number of nitrogens with one attached hydrogen (secondary N) is 2. The van der Waals surface area contributed by atoms with Crippen LogP contribution in [0.25, 0.3) is 33.3 Å². The molecule has 2 fully saturated rings. The van der Waals surface area contributed by atoms with Crippen LogP contribution < -0.4 is 16.2 Å². The molecule has 2 amide bonds. The van der Waals surface area contributed by atoms with Crippen molar-refractivity contribution in [3.63, 3.8) is 0 Å². The lowest BCUT2D eigenvalue weighted by molar-refractivity contribution is -0.155. The second kappa shape index (κ2) is 21.9. The monoisotopic (exact) mass is 1100 g/mol. The number of pyridine rings is 1. The standard InChI is InChI=1S/C57H69BBrN7O8S/c1-12-65-45-26-25-35(58-73-56(5,6)57(7,8)74-58)29-41(45)42(49(65)40-23-17-27-60-47(40)34(2)70-11)30-55(3,4)33-72-53(68)44-24-18-28-66(63-44)52(67)48(50(64(9)10)51-61-46(59)32-75-51)62-54(69)71-31-43-38-21-15-13-19-36(38)37-20-14-16-22-39(37)43/h13-17,19-23,25-27,29,32,34,43-44,48,50,63H,12,18,24,28,30-31,33H2,1-11H3,(H,62,69)/t34-,44-,48-,50?/m0/s1.